The van der Waals surface area contributed by atoms with Crippen LogP contribution in [0.25, 0.3) is 0 Å². The van der Waals surface area contributed by atoms with Crippen molar-refractivity contribution in [2.24, 2.45) is 5.92 Å². The van der Waals surface area contributed by atoms with Gasteiger partial charge in [-0.1, -0.05) is 51.3 Å². The van der Waals surface area contributed by atoms with Crippen molar-refractivity contribution in [3.63, 3.8) is 0 Å². The molecule has 0 heterocycles. The Bertz CT molecular complexity index is 1170. The number of aliphatic hydroxyl groups excluding tert-OH is 2. The second-order valence-corrected chi connectivity index (χ2v) is 13.6. The van der Waals surface area contributed by atoms with Crippen molar-refractivity contribution in [3.8, 4) is 0 Å². The lowest BCUT2D eigenvalue weighted by molar-refractivity contribution is -0.352. The van der Waals surface area contributed by atoms with Crippen molar-refractivity contribution < 1.29 is 142 Å². The Morgan fingerprint density at radius 2 is 0.741 bits per heavy atom. The van der Waals surface area contributed by atoms with E-state index in [4.69, 9.17) is 10.2 Å². The van der Waals surface area contributed by atoms with E-state index in [2.05, 4.69) is 6.58 Å². The number of alkyl halides is 32. The molecule has 0 fully saturated rings. The molecule has 34 heteroatoms. The van der Waals surface area contributed by atoms with Gasteiger partial charge in [0.25, 0.3) is 5.67 Å². The summed E-state index contributed by atoms with van der Waals surface area (Å²) in [5.74, 6) is -3.19. The molecule has 2 nitrogen and oxygen atoms in total. The van der Waals surface area contributed by atoms with Crippen LogP contribution in [0, 0.1) is 5.92 Å². The Hall–Kier alpha value is -1.24. The molecule has 0 bridgehead atoms. The van der Waals surface area contributed by atoms with Gasteiger partial charge in [0.1, 0.15) is 3.92 Å². The van der Waals surface area contributed by atoms with Crippen molar-refractivity contribution in [1.29, 1.82) is 0 Å². The minimum absolute atomic E-state index is 0.0833. The van der Waals surface area contributed by atoms with E-state index in [0.29, 0.717) is 0 Å². The summed E-state index contributed by atoms with van der Waals surface area (Å²) in [6.07, 6.45) is -63.8. The van der Waals surface area contributed by atoms with Gasteiger partial charge in [-0.15, -0.1) is 6.58 Å². The highest BCUT2D eigenvalue weighted by Crippen LogP contribution is 2.54. The molecular formula is C24H20F30I2O2. The molecule has 0 rings (SSSR count). The lowest BCUT2D eigenvalue weighted by Crippen LogP contribution is -2.55. The Morgan fingerprint density at radius 1 is 0.448 bits per heavy atom. The maximum Gasteiger partial charge on any atom is 0.435 e. The second-order valence-electron chi connectivity index (χ2n) is 10.3. The standard InChI is InChI=1S/C9H9F10IO.C6H3F10I.C6H2F10.C3H6O/c10-6(8(14,15)16,9(17,18)19)2-4(7(11,12)13)1-5(20)3-21;7-3(5(11,12)13,6(14,15)16)1-2(17)4(8,9)10;7-3(5(11,12)13,6(14,15)16)1-2-4(8,9)10;1-2-3-4/h4-5,21H,1-3H2;2H,1H2;1-2H;2,4H,1,3H2. The lowest BCUT2D eigenvalue weighted by atomic mass is 9.87. The van der Waals surface area contributed by atoms with Crippen LogP contribution in [0.3, 0.4) is 0 Å². The summed E-state index contributed by atoms with van der Waals surface area (Å²) < 4.78 is 356. The Balaban J connectivity index is -0.000000363. The molecule has 0 spiro atoms. The van der Waals surface area contributed by atoms with E-state index < -0.39 is 124 Å². The van der Waals surface area contributed by atoms with Crippen LogP contribution in [-0.4, -0.2) is 104 Å². The summed E-state index contributed by atoms with van der Waals surface area (Å²) in [5, 5.41) is 16.3. The zero-order valence-electron chi connectivity index (χ0n) is 26.7. The van der Waals surface area contributed by atoms with Crippen LogP contribution in [-0.2, 0) is 0 Å². The van der Waals surface area contributed by atoms with Crippen LogP contribution in [0.1, 0.15) is 19.3 Å². The zero-order valence-corrected chi connectivity index (χ0v) is 31.0. The Morgan fingerprint density at radius 3 is 0.931 bits per heavy atom. The van der Waals surface area contributed by atoms with Gasteiger partial charge in [0.2, 0.25) is 0 Å². The molecule has 2 N–H and O–H groups in total. The van der Waals surface area contributed by atoms with Crippen LogP contribution in [0.15, 0.2) is 24.8 Å². The molecule has 58 heavy (non-hydrogen) atoms. The maximum atomic E-state index is 13.3. The molecule has 0 saturated carbocycles. The first-order chi connectivity index (χ1) is 24.8. The van der Waals surface area contributed by atoms with Crippen molar-refractivity contribution in [3.05, 3.63) is 24.8 Å². The van der Waals surface area contributed by atoms with Gasteiger partial charge in [-0.05, 0) is 12.5 Å². The molecule has 0 aliphatic heterocycles. The molecule has 0 saturated heterocycles. The summed E-state index contributed by atoms with van der Waals surface area (Å²) in [5.41, 5.74) is -17.9. The van der Waals surface area contributed by atoms with Gasteiger partial charge in [0, 0.05) is 22.8 Å². The average molecular weight is 1160 g/mol. The third kappa shape index (κ3) is 20.1. The van der Waals surface area contributed by atoms with E-state index >= 15 is 0 Å². The summed E-state index contributed by atoms with van der Waals surface area (Å²) in [6.45, 7) is 2.41. The topological polar surface area (TPSA) is 40.5 Å². The molecule has 0 aromatic heterocycles. The third-order valence-electron chi connectivity index (χ3n) is 5.80. The van der Waals surface area contributed by atoms with Gasteiger partial charge in [-0.25, -0.2) is 13.2 Å². The molecule has 0 amide bonds. The molecule has 3 atom stereocenters. The molecule has 0 aliphatic rings. The minimum atomic E-state index is -6.53. The molecule has 0 radical (unpaired) electrons. The second kappa shape index (κ2) is 21.7. The average Bonchev–Trinajstić information content (AvgIpc) is 2.95. The van der Waals surface area contributed by atoms with Crippen LogP contribution < -0.4 is 0 Å². The number of halogens is 32. The zero-order chi connectivity index (χ0) is 48.4. The van der Waals surface area contributed by atoms with Crippen molar-refractivity contribution in [2.75, 3.05) is 13.2 Å². The summed E-state index contributed by atoms with van der Waals surface area (Å²) in [7, 11) is 0. The summed E-state index contributed by atoms with van der Waals surface area (Å²) in [6, 6.07) is 0. The first kappa shape index (κ1) is 63.4. The van der Waals surface area contributed by atoms with E-state index in [1.807, 2.05) is 0 Å². The molecule has 3 unspecified atom stereocenters. The van der Waals surface area contributed by atoms with Crippen LogP contribution in [0.5, 0.6) is 0 Å². The fourth-order valence-corrected chi connectivity index (χ4v) is 3.98. The normalized spacial score (nSPS) is 16.2. The fourth-order valence-electron chi connectivity index (χ4n) is 2.76. The van der Waals surface area contributed by atoms with Gasteiger partial charge in [-0.3, -0.25) is 0 Å². The largest absolute Gasteiger partial charge is 0.435 e. The highest BCUT2D eigenvalue weighted by molar-refractivity contribution is 14.1. The van der Waals surface area contributed by atoms with Gasteiger partial charge in [0.15, 0.2) is 0 Å². The Labute approximate surface area is 330 Å². The van der Waals surface area contributed by atoms with Gasteiger partial charge >= 0.3 is 66.9 Å². The molecule has 0 aliphatic carbocycles. The highest BCUT2D eigenvalue weighted by Gasteiger charge is 2.75. The number of hydrogen-bond acceptors (Lipinski definition) is 2. The summed E-state index contributed by atoms with van der Waals surface area (Å²) >= 11 is 1.51. The third-order valence-corrected chi connectivity index (χ3v) is 7.85. The van der Waals surface area contributed by atoms with Gasteiger partial charge in [0.05, 0.1) is 19.1 Å². The highest BCUT2D eigenvalue weighted by atomic mass is 127. The molecular weight excluding hydrogens is 1140 g/mol. The van der Waals surface area contributed by atoms with Crippen LogP contribution in [0.2, 0.25) is 0 Å². The van der Waals surface area contributed by atoms with E-state index in [0.717, 1.165) is 0 Å². The number of allylic oxidation sites excluding steroid dienone is 2. The number of rotatable bonds is 9. The maximum absolute atomic E-state index is 13.3. The van der Waals surface area contributed by atoms with E-state index in [9.17, 15) is 132 Å². The smallest absolute Gasteiger partial charge is 0.395 e. The predicted octanol–water partition coefficient (Wildman–Crippen LogP) is 13.3. The fraction of sp³-hybridized carbons (Fsp3) is 0.833. The number of hydrogen-bond donors (Lipinski definition) is 2. The minimum Gasteiger partial charge on any atom is -0.395 e. The summed E-state index contributed by atoms with van der Waals surface area (Å²) in [4.78, 5) is 0. The van der Waals surface area contributed by atoms with Crippen LogP contribution >= 0.6 is 45.2 Å². The van der Waals surface area contributed by atoms with E-state index in [1.165, 1.54) is 28.7 Å². The molecule has 0 aromatic carbocycles. The molecule has 352 valence electrons. The number of aliphatic hydroxyl groups is 2. The van der Waals surface area contributed by atoms with Gasteiger partial charge in [-0.2, -0.15) is 119 Å². The van der Waals surface area contributed by atoms with Crippen molar-refractivity contribution in [2.45, 2.75) is 99.7 Å². The first-order valence-corrected chi connectivity index (χ1v) is 15.8. The lowest BCUT2D eigenvalue weighted by Gasteiger charge is -2.34. The SMILES string of the molecule is C=CCO.FC(F)(F)C(I)CC(F)(C(F)(F)F)C(F)(F)F.FC(F)(F)C=CC(F)(C(F)(F)F)C(F)(F)F.OCC(I)CC(CC(F)(C(F)(F)F)C(F)(F)F)C(F)(F)F. The van der Waals surface area contributed by atoms with Gasteiger partial charge < -0.3 is 10.2 Å². The molecule has 0 aromatic rings. The van der Waals surface area contributed by atoms with Crippen molar-refractivity contribution >= 4 is 45.2 Å². The van der Waals surface area contributed by atoms with E-state index in [1.54, 1.807) is 0 Å². The Kier molecular flexibility index (Phi) is 23.7. The monoisotopic (exact) mass is 1160 g/mol. The van der Waals surface area contributed by atoms with Crippen molar-refractivity contribution in [1.82, 2.24) is 0 Å². The van der Waals surface area contributed by atoms with Crippen LogP contribution in [0.4, 0.5) is 132 Å². The van der Waals surface area contributed by atoms with E-state index in [-0.39, 0.29) is 29.2 Å². The first-order valence-electron chi connectivity index (χ1n) is 13.3. The predicted molar refractivity (Wildman–Crippen MR) is 152 cm³/mol. The quantitative estimate of drug-likeness (QED) is 0.105.